The molecule has 0 aliphatic heterocycles. The second-order valence-corrected chi connectivity index (χ2v) is 3.91. The van der Waals surface area contributed by atoms with Gasteiger partial charge in [-0.05, 0) is 25.1 Å². The van der Waals surface area contributed by atoms with Crippen LogP contribution in [0.4, 0.5) is 13.2 Å². The Bertz CT molecular complexity index is 382. The Morgan fingerprint density at radius 1 is 1.38 bits per heavy atom. The van der Waals surface area contributed by atoms with E-state index < -0.39 is 17.9 Å². The number of aromatic hydroxyl groups is 1. The van der Waals surface area contributed by atoms with E-state index in [0.29, 0.717) is 10.0 Å². The minimum Gasteiger partial charge on any atom is -0.504 e. The first-order chi connectivity index (χ1) is 7.33. The smallest absolute Gasteiger partial charge is 0.504 e. The van der Waals surface area contributed by atoms with E-state index in [0.717, 1.165) is 6.07 Å². The predicted octanol–water partition coefficient (Wildman–Crippen LogP) is 2.55. The van der Waals surface area contributed by atoms with Gasteiger partial charge in [-0.15, -0.1) is 13.2 Å². The number of hydrogen-bond acceptors (Lipinski definition) is 3. The lowest BCUT2D eigenvalue weighted by Crippen LogP contribution is -2.17. The van der Waals surface area contributed by atoms with Crippen LogP contribution in [0.25, 0.3) is 0 Å². The van der Waals surface area contributed by atoms with Gasteiger partial charge >= 0.3 is 6.36 Å². The summed E-state index contributed by atoms with van der Waals surface area (Å²) in [4.78, 5) is 0. The first-order valence-electron chi connectivity index (χ1n) is 4.30. The third-order valence-electron chi connectivity index (χ3n) is 1.76. The number of rotatable bonds is 3. The van der Waals surface area contributed by atoms with Crippen LogP contribution in [0, 0.1) is 0 Å². The first-order valence-corrected chi connectivity index (χ1v) is 5.10. The molecule has 0 saturated heterocycles. The molecule has 0 saturated carbocycles. The van der Waals surface area contributed by atoms with Gasteiger partial charge in [-0.1, -0.05) is 15.9 Å². The van der Waals surface area contributed by atoms with E-state index in [1.165, 1.54) is 6.07 Å². The molecule has 16 heavy (non-hydrogen) atoms. The van der Waals surface area contributed by atoms with Crippen LogP contribution in [0.15, 0.2) is 16.6 Å². The van der Waals surface area contributed by atoms with Crippen LogP contribution in [0.2, 0.25) is 0 Å². The maximum Gasteiger partial charge on any atom is 0.573 e. The minimum absolute atomic E-state index is 0.218. The van der Waals surface area contributed by atoms with Crippen molar-refractivity contribution in [3.63, 3.8) is 0 Å². The first kappa shape index (κ1) is 13.1. The van der Waals surface area contributed by atoms with Crippen molar-refractivity contribution in [2.75, 3.05) is 6.54 Å². The van der Waals surface area contributed by atoms with E-state index in [9.17, 15) is 18.3 Å². The summed E-state index contributed by atoms with van der Waals surface area (Å²) in [7, 11) is 0. The largest absolute Gasteiger partial charge is 0.573 e. The fourth-order valence-electron chi connectivity index (χ4n) is 1.18. The predicted molar refractivity (Wildman–Crippen MR) is 55.2 cm³/mol. The molecule has 90 valence electrons. The number of halogens is 4. The molecule has 0 radical (unpaired) electrons. The Labute approximate surface area is 98.1 Å². The summed E-state index contributed by atoms with van der Waals surface area (Å²) in [6.45, 7) is 0.218. The zero-order chi connectivity index (χ0) is 12.3. The number of benzene rings is 1. The Kier molecular flexibility index (Phi) is 4.03. The fourth-order valence-corrected chi connectivity index (χ4v) is 1.66. The van der Waals surface area contributed by atoms with Crippen LogP contribution >= 0.6 is 15.9 Å². The highest BCUT2D eigenvalue weighted by Crippen LogP contribution is 2.37. The van der Waals surface area contributed by atoms with Gasteiger partial charge in [0.05, 0.1) is 0 Å². The zero-order valence-electron chi connectivity index (χ0n) is 8.01. The lowest BCUT2D eigenvalue weighted by Gasteiger charge is -2.13. The molecule has 0 aromatic heterocycles. The standard InChI is InChI=1S/C9H9BrF3NO2/c10-6-3-5(1-2-14)8(15)7(4-6)16-9(11,12)13/h3-4,15H,1-2,14H2. The van der Waals surface area contributed by atoms with Gasteiger partial charge in [0.15, 0.2) is 11.5 Å². The third-order valence-corrected chi connectivity index (χ3v) is 2.22. The minimum atomic E-state index is -4.84. The Balaban J connectivity index is 3.09. The van der Waals surface area contributed by atoms with Crippen LogP contribution < -0.4 is 10.5 Å². The van der Waals surface area contributed by atoms with E-state index >= 15 is 0 Å². The number of phenols is 1. The SMILES string of the molecule is NCCc1cc(Br)cc(OC(F)(F)F)c1O. The summed E-state index contributed by atoms with van der Waals surface area (Å²) in [5.74, 6) is -1.17. The molecular weight excluding hydrogens is 291 g/mol. The molecule has 0 aliphatic rings. The molecule has 3 nitrogen and oxygen atoms in total. The fraction of sp³-hybridized carbons (Fsp3) is 0.333. The molecule has 0 heterocycles. The van der Waals surface area contributed by atoms with E-state index in [4.69, 9.17) is 5.73 Å². The third kappa shape index (κ3) is 3.57. The van der Waals surface area contributed by atoms with Crippen LogP contribution in [-0.4, -0.2) is 18.0 Å². The van der Waals surface area contributed by atoms with Crippen molar-refractivity contribution < 1.29 is 23.0 Å². The molecule has 1 rings (SSSR count). The molecule has 7 heteroatoms. The Morgan fingerprint density at radius 3 is 2.50 bits per heavy atom. The van der Waals surface area contributed by atoms with Gasteiger partial charge in [-0.25, -0.2) is 0 Å². The van der Waals surface area contributed by atoms with Crippen LogP contribution in [0.3, 0.4) is 0 Å². The van der Waals surface area contributed by atoms with Gasteiger partial charge < -0.3 is 15.6 Å². The van der Waals surface area contributed by atoms with E-state index in [-0.39, 0.29) is 13.0 Å². The van der Waals surface area contributed by atoms with Crippen molar-refractivity contribution in [1.82, 2.24) is 0 Å². The highest BCUT2D eigenvalue weighted by molar-refractivity contribution is 9.10. The molecule has 0 bridgehead atoms. The van der Waals surface area contributed by atoms with Crippen molar-refractivity contribution >= 4 is 15.9 Å². The molecule has 1 aromatic carbocycles. The van der Waals surface area contributed by atoms with Gasteiger partial charge in [-0.2, -0.15) is 0 Å². The van der Waals surface area contributed by atoms with Gasteiger partial charge in [0.2, 0.25) is 0 Å². The molecule has 0 unspecified atom stereocenters. The maximum absolute atomic E-state index is 12.0. The van der Waals surface area contributed by atoms with E-state index in [2.05, 4.69) is 20.7 Å². The molecular formula is C9H9BrF3NO2. The zero-order valence-corrected chi connectivity index (χ0v) is 9.60. The average molecular weight is 300 g/mol. The summed E-state index contributed by atoms with van der Waals surface area (Å²) in [6, 6.07) is 2.54. The van der Waals surface area contributed by atoms with Crippen molar-refractivity contribution in [3.8, 4) is 11.5 Å². The van der Waals surface area contributed by atoms with Crippen LogP contribution in [0.5, 0.6) is 11.5 Å². The molecule has 1 aromatic rings. The molecule has 0 spiro atoms. The quantitative estimate of drug-likeness (QED) is 0.902. The van der Waals surface area contributed by atoms with Crippen molar-refractivity contribution in [2.24, 2.45) is 5.73 Å². The van der Waals surface area contributed by atoms with Crippen LogP contribution in [-0.2, 0) is 6.42 Å². The monoisotopic (exact) mass is 299 g/mol. The lowest BCUT2D eigenvalue weighted by molar-refractivity contribution is -0.275. The highest BCUT2D eigenvalue weighted by atomic mass is 79.9. The molecule has 0 amide bonds. The van der Waals surface area contributed by atoms with Gasteiger partial charge in [0, 0.05) is 10.0 Å². The van der Waals surface area contributed by atoms with Crippen molar-refractivity contribution in [1.29, 1.82) is 0 Å². The van der Waals surface area contributed by atoms with E-state index in [1.54, 1.807) is 0 Å². The lowest BCUT2D eigenvalue weighted by atomic mass is 10.1. The highest BCUT2D eigenvalue weighted by Gasteiger charge is 2.32. The van der Waals surface area contributed by atoms with Crippen molar-refractivity contribution in [3.05, 3.63) is 22.2 Å². The summed E-state index contributed by atoms with van der Waals surface area (Å²) in [5, 5.41) is 9.51. The Hall–Kier alpha value is -0.950. The number of ether oxygens (including phenoxy) is 1. The van der Waals surface area contributed by atoms with Gasteiger partial charge in [0.25, 0.3) is 0 Å². The van der Waals surface area contributed by atoms with E-state index in [1.807, 2.05) is 0 Å². The summed E-state index contributed by atoms with van der Waals surface area (Å²) >= 11 is 3.03. The second kappa shape index (κ2) is 4.92. The molecule has 0 aliphatic carbocycles. The molecule has 0 fully saturated rings. The summed E-state index contributed by atoms with van der Waals surface area (Å²) < 4.78 is 40.1. The summed E-state index contributed by atoms with van der Waals surface area (Å²) in [5.41, 5.74) is 5.57. The van der Waals surface area contributed by atoms with Gasteiger partial charge in [0.1, 0.15) is 0 Å². The van der Waals surface area contributed by atoms with Crippen molar-refractivity contribution in [2.45, 2.75) is 12.8 Å². The topological polar surface area (TPSA) is 55.5 Å². The number of phenolic OH excluding ortho intramolecular Hbond substituents is 1. The number of hydrogen-bond donors (Lipinski definition) is 2. The maximum atomic E-state index is 12.0. The Morgan fingerprint density at radius 2 is 2.00 bits per heavy atom. The van der Waals surface area contributed by atoms with Gasteiger partial charge in [-0.3, -0.25) is 0 Å². The summed E-state index contributed by atoms with van der Waals surface area (Å²) in [6.07, 6.45) is -4.57. The van der Waals surface area contributed by atoms with Crippen LogP contribution in [0.1, 0.15) is 5.56 Å². The average Bonchev–Trinajstić information content (AvgIpc) is 2.11. The number of nitrogens with two attached hydrogens (primary N) is 1. The molecule has 0 atom stereocenters. The number of alkyl halides is 3. The molecule has 3 N–H and O–H groups in total. The second-order valence-electron chi connectivity index (χ2n) is 3.00. The normalized spacial score (nSPS) is 11.6.